The van der Waals surface area contributed by atoms with Crippen molar-refractivity contribution >= 4 is 17.0 Å². The van der Waals surface area contributed by atoms with Crippen LogP contribution in [0.5, 0.6) is 0 Å². The summed E-state index contributed by atoms with van der Waals surface area (Å²) in [7, 11) is 0. The van der Waals surface area contributed by atoms with E-state index >= 15 is 0 Å². The summed E-state index contributed by atoms with van der Waals surface area (Å²) < 4.78 is 1.85. The smallest absolute Gasteiger partial charge is 0.337 e. The van der Waals surface area contributed by atoms with Crippen molar-refractivity contribution in [1.29, 1.82) is 0 Å². The van der Waals surface area contributed by atoms with E-state index in [9.17, 15) is 4.79 Å². The van der Waals surface area contributed by atoms with Gasteiger partial charge in [-0.25, -0.2) is 9.78 Å². The molecule has 0 spiro atoms. The number of carboxylic acid groups (broad SMARTS) is 1. The van der Waals surface area contributed by atoms with E-state index in [4.69, 9.17) is 5.11 Å². The summed E-state index contributed by atoms with van der Waals surface area (Å²) in [4.78, 5) is 15.3. The van der Waals surface area contributed by atoms with Crippen LogP contribution in [0.25, 0.3) is 11.0 Å². The molecule has 0 saturated carbocycles. The standard InChI is InChI=1S/C11H12N2O2/c1-3-13-6-9(11(14)15)8-4-7(2)5-12-10(8)13/h4-6H,3H2,1-2H3,(H,14,15). The zero-order valence-corrected chi connectivity index (χ0v) is 8.69. The van der Waals surface area contributed by atoms with Gasteiger partial charge in [-0.15, -0.1) is 0 Å². The number of pyridine rings is 1. The average molecular weight is 204 g/mol. The van der Waals surface area contributed by atoms with E-state index in [1.54, 1.807) is 12.4 Å². The number of carboxylic acids is 1. The lowest BCUT2D eigenvalue weighted by Crippen LogP contribution is -1.94. The van der Waals surface area contributed by atoms with Crippen molar-refractivity contribution in [3.63, 3.8) is 0 Å². The number of fused-ring (bicyclic) bond motifs is 1. The van der Waals surface area contributed by atoms with Crippen LogP contribution in [0.15, 0.2) is 18.5 Å². The largest absolute Gasteiger partial charge is 0.478 e. The zero-order chi connectivity index (χ0) is 11.0. The molecule has 4 heteroatoms. The van der Waals surface area contributed by atoms with Gasteiger partial charge in [0.15, 0.2) is 0 Å². The molecule has 2 rings (SSSR count). The lowest BCUT2D eigenvalue weighted by molar-refractivity contribution is 0.0699. The Morgan fingerprint density at radius 3 is 2.93 bits per heavy atom. The molecule has 2 aromatic heterocycles. The number of aromatic nitrogens is 2. The highest BCUT2D eigenvalue weighted by Crippen LogP contribution is 2.20. The molecule has 4 nitrogen and oxygen atoms in total. The number of aromatic carboxylic acids is 1. The van der Waals surface area contributed by atoms with Crippen LogP contribution in [-0.4, -0.2) is 20.6 Å². The Morgan fingerprint density at radius 2 is 2.33 bits per heavy atom. The second kappa shape index (κ2) is 3.38. The van der Waals surface area contributed by atoms with E-state index < -0.39 is 5.97 Å². The molecule has 2 heterocycles. The van der Waals surface area contributed by atoms with Gasteiger partial charge in [0.05, 0.1) is 5.56 Å². The van der Waals surface area contributed by atoms with Crippen LogP contribution in [0.3, 0.4) is 0 Å². The van der Waals surface area contributed by atoms with Crippen LogP contribution in [-0.2, 0) is 6.54 Å². The van der Waals surface area contributed by atoms with E-state index in [-0.39, 0.29) is 0 Å². The number of nitrogens with zero attached hydrogens (tertiary/aromatic N) is 2. The lowest BCUT2D eigenvalue weighted by Gasteiger charge is -1.98. The Morgan fingerprint density at radius 1 is 1.60 bits per heavy atom. The summed E-state index contributed by atoms with van der Waals surface area (Å²) in [6.07, 6.45) is 3.39. The van der Waals surface area contributed by atoms with E-state index in [1.165, 1.54) is 0 Å². The second-order valence-electron chi connectivity index (χ2n) is 3.52. The maximum absolute atomic E-state index is 11.0. The molecule has 0 bridgehead atoms. The molecule has 1 N–H and O–H groups in total. The molecule has 0 aliphatic carbocycles. The Labute approximate surface area is 87.2 Å². The minimum absolute atomic E-state index is 0.322. The quantitative estimate of drug-likeness (QED) is 0.814. The highest BCUT2D eigenvalue weighted by molar-refractivity contribution is 6.02. The van der Waals surface area contributed by atoms with Crippen LogP contribution >= 0.6 is 0 Å². The highest BCUT2D eigenvalue weighted by Gasteiger charge is 2.14. The fraction of sp³-hybridized carbons (Fsp3) is 0.273. The maximum Gasteiger partial charge on any atom is 0.337 e. The number of rotatable bonds is 2. The summed E-state index contributed by atoms with van der Waals surface area (Å²) >= 11 is 0. The predicted molar refractivity (Wildman–Crippen MR) is 57.1 cm³/mol. The van der Waals surface area contributed by atoms with E-state index in [0.717, 1.165) is 17.8 Å². The Kier molecular flexibility index (Phi) is 2.19. The van der Waals surface area contributed by atoms with Gasteiger partial charge in [-0.3, -0.25) is 0 Å². The van der Waals surface area contributed by atoms with Gasteiger partial charge in [-0.2, -0.15) is 0 Å². The van der Waals surface area contributed by atoms with Gasteiger partial charge >= 0.3 is 5.97 Å². The summed E-state index contributed by atoms with van der Waals surface area (Å²) in [5.41, 5.74) is 2.03. The molecule has 0 amide bonds. The lowest BCUT2D eigenvalue weighted by atomic mass is 10.2. The first-order valence-corrected chi connectivity index (χ1v) is 4.82. The van der Waals surface area contributed by atoms with Crippen LogP contribution < -0.4 is 0 Å². The molecule has 2 aromatic rings. The molecule has 0 aliphatic heterocycles. The third-order valence-corrected chi connectivity index (χ3v) is 2.42. The van der Waals surface area contributed by atoms with Gasteiger partial charge < -0.3 is 9.67 Å². The van der Waals surface area contributed by atoms with Gasteiger partial charge in [0, 0.05) is 24.3 Å². The van der Waals surface area contributed by atoms with Gasteiger partial charge in [-0.1, -0.05) is 0 Å². The Balaban J connectivity index is 2.81. The summed E-state index contributed by atoms with van der Waals surface area (Å²) in [5.74, 6) is -0.903. The number of carbonyl (C=O) groups is 1. The Bertz CT molecular complexity index is 529. The minimum Gasteiger partial charge on any atom is -0.478 e. The molecule has 0 aromatic carbocycles. The van der Waals surface area contributed by atoms with Crippen molar-refractivity contribution < 1.29 is 9.90 Å². The molecule has 15 heavy (non-hydrogen) atoms. The van der Waals surface area contributed by atoms with Crippen molar-refractivity contribution in [2.45, 2.75) is 20.4 Å². The van der Waals surface area contributed by atoms with Crippen molar-refractivity contribution in [2.24, 2.45) is 0 Å². The van der Waals surface area contributed by atoms with Gasteiger partial charge in [0.1, 0.15) is 5.65 Å². The van der Waals surface area contributed by atoms with Crippen LogP contribution in [0.4, 0.5) is 0 Å². The zero-order valence-electron chi connectivity index (χ0n) is 8.69. The number of hydrogen-bond acceptors (Lipinski definition) is 2. The SMILES string of the molecule is CCn1cc(C(=O)O)c2cc(C)cnc21. The second-order valence-corrected chi connectivity index (χ2v) is 3.52. The van der Waals surface area contributed by atoms with Crippen LogP contribution in [0.1, 0.15) is 22.8 Å². The number of hydrogen-bond donors (Lipinski definition) is 1. The molecule has 0 atom stereocenters. The van der Waals surface area contributed by atoms with E-state index in [1.807, 2.05) is 24.5 Å². The molecule has 78 valence electrons. The maximum atomic E-state index is 11.0. The van der Waals surface area contributed by atoms with Crippen LogP contribution in [0.2, 0.25) is 0 Å². The monoisotopic (exact) mass is 204 g/mol. The molecule has 0 saturated heterocycles. The van der Waals surface area contributed by atoms with Gasteiger partial charge in [0.25, 0.3) is 0 Å². The topological polar surface area (TPSA) is 55.1 Å². The van der Waals surface area contributed by atoms with Crippen molar-refractivity contribution in [1.82, 2.24) is 9.55 Å². The fourth-order valence-electron chi connectivity index (χ4n) is 1.69. The molecular formula is C11H12N2O2. The predicted octanol–water partition coefficient (Wildman–Crippen LogP) is 2.06. The first-order chi connectivity index (χ1) is 7.13. The summed E-state index contributed by atoms with van der Waals surface area (Å²) in [5, 5.41) is 9.75. The number of aryl methyl sites for hydroxylation is 2. The first kappa shape index (κ1) is 9.71. The molecule has 0 aliphatic rings. The molecular weight excluding hydrogens is 192 g/mol. The van der Waals surface area contributed by atoms with Gasteiger partial charge in [-0.05, 0) is 25.5 Å². The molecule has 0 unspecified atom stereocenters. The third kappa shape index (κ3) is 1.48. The Hall–Kier alpha value is -1.84. The molecule has 0 fully saturated rings. The fourth-order valence-corrected chi connectivity index (χ4v) is 1.69. The van der Waals surface area contributed by atoms with Gasteiger partial charge in [0.2, 0.25) is 0 Å². The van der Waals surface area contributed by atoms with Crippen LogP contribution in [0, 0.1) is 6.92 Å². The van der Waals surface area contributed by atoms with E-state index in [2.05, 4.69) is 4.98 Å². The van der Waals surface area contributed by atoms with E-state index in [0.29, 0.717) is 10.9 Å². The summed E-state index contributed by atoms with van der Waals surface area (Å²) in [6, 6.07) is 1.86. The normalized spacial score (nSPS) is 10.8. The molecule has 0 radical (unpaired) electrons. The first-order valence-electron chi connectivity index (χ1n) is 4.82. The van der Waals surface area contributed by atoms with Crippen molar-refractivity contribution in [3.05, 3.63) is 29.6 Å². The summed E-state index contributed by atoms with van der Waals surface area (Å²) in [6.45, 7) is 4.59. The van der Waals surface area contributed by atoms with Crippen molar-refractivity contribution in [3.8, 4) is 0 Å². The third-order valence-electron chi connectivity index (χ3n) is 2.42. The van der Waals surface area contributed by atoms with Crippen molar-refractivity contribution in [2.75, 3.05) is 0 Å². The minimum atomic E-state index is -0.903. The highest BCUT2D eigenvalue weighted by atomic mass is 16.4. The average Bonchev–Trinajstić information content (AvgIpc) is 2.55.